The molecule has 0 bridgehead atoms. The van der Waals surface area contributed by atoms with Crippen molar-refractivity contribution in [3.63, 3.8) is 0 Å². The summed E-state index contributed by atoms with van der Waals surface area (Å²) in [5.41, 5.74) is 9.60. The summed E-state index contributed by atoms with van der Waals surface area (Å²) in [5, 5.41) is 0.547. The maximum absolute atomic E-state index is 14.1. The largest absolute Gasteiger partial charge is 0.488 e. The summed E-state index contributed by atoms with van der Waals surface area (Å²) in [6.45, 7) is 0.277. The Hall–Kier alpha value is -4.45. The summed E-state index contributed by atoms with van der Waals surface area (Å²) in [7, 11) is 0. The lowest BCUT2D eigenvalue weighted by molar-refractivity contribution is 0.1000. The highest BCUT2D eigenvalue weighted by Crippen LogP contribution is 2.36. The van der Waals surface area contributed by atoms with Gasteiger partial charge < -0.3 is 14.9 Å². The predicted octanol–water partition coefficient (Wildman–Crippen LogP) is 6.65. The van der Waals surface area contributed by atoms with E-state index in [1.165, 1.54) is 24.3 Å². The molecule has 0 unspecified atom stereocenters. The van der Waals surface area contributed by atoms with Crippen LogP contribution in [0.4, 0.5) is 8.78 Å². The molecule has 174 valence electrons. The summed E-state index contributed by atoms with van der Waals surface area (Å²) in [6.07, 6.45) is 0.282. The molecular weight excluding hydrogens is 448 g/mol. The summed E-state index contributed by atoms with van der Waals surface area (Å²) >= 11 is 0. The zero-order chi connectivity index (χ0) is 24.4. The maximum atomic E-state index is 14.1. The van der Waals surface area contributed by atoms with E-state index < -0.39 is 11.7 Å². The average Bonchev–Trinajstić information content (AvgIpc) is 3.22. The van der Waals surface area contributed by atoms with Crippen LogP contribution in [0.25, 0.3) is 22.1 Å². The Balaban J connectivity index is 1.53. The van der Waals surface area contributed by atoms with Crippen LogP contribution in [0.3, 0.4) is 0 Å². The lowest BCUT2D eigenvalue weighted by Gasteiger charge is -2.12. The van der Waals surface area contributed by atoms with Crippen molar-refractivity contribution in [2.75, 3.05) is 0 Å². The molecule has 5 aromatic rings. The topological polar surface area (TPSA) is 65.5 Å². The molecule has 0 fully saturated rings. The number of hydrogen-bond donors (Lipinski definition) is 1. The lowest BCUT2D eigenvalue weighted by atomic mass is 9.99. The van der Waals surface area contributed by atoms with E-state index in [9.17, 15) is 13.6 Å². The van der Waals surface area contributed by atoms with Gasteiger partial charge in [0.25, 0.3) is 5.91 Å². The van der Waals surface area contributed by atoms with Gasteiger partial charge in [-0.15, -0.1) is 0 Å². The maximum Gasteiger partial charge on any atom is 0.252 e. The van der Waals surface area contributed by atoms with E-state index >= 15 is 0 Å². The van der Waals surface area contributed by atoms with Crippen molar-refractivity contribution >= 4 is 16.9 Å². The Labute approximate surface area is 200 Å². The number of halogens is 2. The van der Waals surface area contributed by atoms with Crippen molar-refractivity contribution in [2.24, 2.45) is 5.73 Å². The number of furan rings is 1. The molecule has 35 heavy (non-hydrogen) atoms. The van der Waals surface area contributed by atoms with Crippen LogP contribution in [0.5, 0.6) is 5.75 Å². The van der Waals surface area contributed by atoms with Crippen molar-refractivity contribution in [1.29, 1.82) is 0 Å². The molecule has 1 heterocycles. The fourth-order valence-corrected chi connectivity index (χ4v) is 4.09. The van der Waals surface area contributed by atoms with Crippen LogP contribution >= 0.6 is 0 Å². The Morgan fingerprint density at radius 2 is 1.57 bits per heavy atom. The van der Waals surface area contributed by atoms with E-state index in [2.05, 4.69) is 0 Å². The number of nitrogens with two attached hydrogens (primary N) is 1. The molecule has 0 radical (unpaired) electrons. The second kappa shape index (κ2) is 9.43. The molecule has 0 aliphatic heterocycles. The number of benzene rings is 4. The summed E-state index contributed by atoms with van der Waals surface area (Å²) in [6, 6.07) is 25.3. The van der Waals surface area contributed by atoms with Crippen molar-refractivity contribution in [3.05, 3.63) is 125 Å². The van der Waals surface area contributed by atoms with E-state index in [0.29, 0.717) is 28.0 Å². The van der Waals surface area contributed by atoms with Gasteiger partial charge >= 0.3 is 0 Å². The van der Waals surface area contributed by atoms with Crippen LogP contribution in [0.2, 0.25) is 0 Å². The van der Waals surface area contributed by atoms with Gasteiger partial charge in [0.05, 0.1) is 5.56 Å². The summed E-state index contributed by atoms with van der Waals surface area (Å²) in [4.78, 5) is 12.4. The van der Waals surface area contributed by atoms with Crippen molar-refractivity contribution in [2.45, 2.75) is 13.0 Å². The van der Waals surface area contributed by atoms with Crippen molar-refractivity contribution in [1.82, 2.24) is 0 Å². The third-order valence-corrected chi connectivity index (χ3v) is 5.78. The van der Waals surface area contributed by atoms with Crippen LogP contribution in [0.15, 0.2) is 95.4 Å². The number of fused-ring (bicyclic) bond motifs is 1. The third kappa shape index (κ3) is 4.77. The molecule has 4 nitrogen and oxygen atoms in total. The normalized spacial score (nSPS) is 11.0. The molecule has 0 atom stereocenters. The van der Waals surface area contributed by atoms with Crippen molar-refractivity contribution in [3.8, 4) is 16.9 Å². The summed E-state index contributed by atoms with van der Waals surface area (Å²) in [5.74, 6) is -0.610. The quantitative estimate of drug-likeness (QED) is 0.290. The Bertz CT molecular complexity index is 1510. The number of rotatable bonds is 7. The van der Waals surface area contributed by atoms with Gasteiger partial charge in [-0.2, -0.15) is 0 Å². The van der Waals surface area contributed by atoms with E-state index in [4.69, 9.17) is 14.9 Å². The molecular formula is C29H21F2NO3. The van der Waals surface area contributed by atoms with Crippen LogP contribution in [-0.4, -0.2) is 5.91 Å². The van der Waals surface area contributed by atoms with Crippen LogP contribution in [0, 0.1) is 11.6 Å². The zero-order valence-corrected chi connectivity index (χ0v) is 18.6. The second-order valence-corrected chi connectivity index (χ2v) is 8.19. The van der Waals surface area contributed by atoms with Gasteiger partial charge in [0.2, 0.25) is 0 Å². The highest BCUT2D eigenvalue weighted by atomic mass is 19.1. The molecule has 0 saturated heterocycles. The Morgan fingerprint density at radius 3 is 2.31 bits per heavy atom. The number of hydrogen-bond acceptors (Lipinski definition) is 3. The van der Waals surface area contributed by atoms with Gasteiger partial charge in [0.15, 0.2) is 0 Å². The van der Waals surface area contributed by atoms with E-state index in [-0.39, 0.29) is 24.4 Å². The van der Waals surface area contributed by atoms with Gasteiger partial charge in [-0.05, 0) is 53.1 Å². The van der Waals surface area contributed by atoms with Gasteiger partial charge in [0, 0.05) is 23.4 Å². The Morgan fingerprint density at radius 1 is 0.829 bits per heavy atom. The third-order valence-electron chi connectivity index (χ3n) is 5.78. The minimum atomic E-state index is -0.627. The fraction of sp³-hybridized carbons (Fsp3) is 0.0690. The molecule has 4 aromatic carbocycles. The predicted molar refractivity (Wildman–Crippen MR) is 130 cm³/mol. The first-order chi connectivity index (χ1) is 17.0. The minimum absolute atomic E-state index is 0.264. The first kappa shape index (κ1) is 22.3. The number of amides is 1. The van der Waals surface area contributed by atoms with Gasteiger partial charge in [0.1, 0.15) is 35.3 Å². The smallest absolute Gasteiger partial charge is 0.252 e. The zero-order valence-electron chi connectivity index (χ0n) is 18.6. The fourth-order valence-electron chi connectivity index (χ4n) is 4.09. The molecule has 6 heteroatoms. The standard InChI is InChI=1S/C29H21F2NO3/c30-21-9-6-18(7-10-21)14-27-28(29(32)33)24-15-20(8-13-25(24)35-27)23-12-11-22(31)16-26(23)34-17-19-4-2-1-3-5-19/h1-13,15-16H,14,17H2,(H2,32,33). The van der Waals surface area contributed by atoms with Crippen LogP contribution in [0.1, 0.15) is 27.2 Å². The molecule has 5 rings (SSSR count). The van der Waals surface area contributed by atoms with Gasteiger partial charge in [-0.3, -0.25) is 4.79 Å². The first-order valence-electron chi connectivity index (χ1n) is 11.0. The molecule has 0 aliphatic carbocycles. The highest BCUT2D eigenvalue weighted by molar-refractivity contribution is 6.07. The highest BCUT2D eigenvalue weighted by Gasteiger charge is 2.20. The van der Waals surface area contributed by atoms with E-state index in [1.807, 2.05) is 36.4 Å². The van der Waals surface area contributed by atoms with Gasteiger partial charge in [-0.1, -0.05) is 48.5 Å². The molecule has 1 amide bonds. The van der Waals surface area contributed by atoms with Gasteiger partial charge in [-0.25, -0.2) is 8.78 Å². The molecule has 0 saturated carbocycles. The monoisotopic (exact) mass is 469 g/mol. The average molecular weight is 469 g/mol. The number of primary amides is 1. The van der Waals surface area contributed by atoms with Crippen molar-refractivity contribution < 1.29 is 22.7 Å². The number of carbonyl (C=O) groups excluding carboxylic acids is 1. The minimum Gasteiger partial charge on any atom is -0.488 e. The first-order valence-corrected chi connectivity index (χ1v) is 11.0. The number of ether oxygens (including phenoxy) is 1. The molecule has 1 aromatic heterocycles. The molecule has 0 spiro atoms. The lowest BCUT2D eigenvalue weighted by Crippen LogP contribution is -2.12. The summed E-state index contributed by atoms with van der Waals surface area (Å²) < 4.78 is 39.3. The molecule has 2 N–H and O–H groups in total. The Kier molecular flexibility index (Phi) is 6.02. The number of carbonyl (C=O) groups is 1. The van der Waals surface area contributed by atoms with E-state index in [1.54, 1.807) is 30.3 Å². The van der Waals surface area contributed by atoms with E-state index in [0.717, 1.165) is 16.7 Å². The van der Waals surface area contributed by atoms with Crippen LogP contribution in [-0.2, 0) is 13.0 Å². The van der Waals surface area contributed by atoms with Crippen LogP contribution < -0.4 is 10.5 Å². The SMILES string of the molecule is NC(=O)c1c(Cc2ccc(F)cc2)oc2ccc(-c3ccc(F)cc3OCc3ccccc3)cc12. The molecule has 0 aliphatic rings. The second-order valence-electron chi connectivity index (χ2n) is 8.19.